The number of fused-ring (bicyclic) bond motifs is 1. The molecule has 0 saturated carbocycles. The molecule has 104 valence electrons. The number of halogens is 2. The number of hydrogen-bond acceptors (Lipinski definition) is 2. The minimum Gasteiger partial charge on any atom is -0.493 e. The Hall–Kier alpha value is -1.94. The van der Waals surface area contributed by atoms with Crippen molar-refractivity contribution in [3.63, 3.8) is 0 Å². The third kappa shape index (κ3) is 2.39. The summed E-state index contributed by atoms with van der Waals surface area (Å²) in [6.07, 6.45) is 0.486. The Labute approximate surface area is 116 Å². The molecule has 1 aliphatic rings. The normalized spacial score (nSPS) is 18.4. The Kier molecular flexibility index (Phi) is 3.40. The van der Waals surface area contributed by atoms with Gasteiger partial charge in [0.05, 0.1) is 6.61 Å². The average Bonchev–Trinajstić information content (AvgIpc) is 2.87. The molecule has 2 unspecified atom stereocenters. The van der Waals surface area contributed by atoms with Crippen LogP contribution in [-0.4, -0.2) is 12.6 Å². The standard InChI is InChI=1S/C16H15F2NO/c17-13-6-5-10(7-14(13)18)8-15(19)12-9-20-16-4-2-1-3-11(12)16/h1-7,12,15H,8-9,19H2. The van der Waals surface area contributed by atoms with Crippen LogP contribution in [0, 0.1) is 11.6 Å². The largest absolute Gasteiger partial charge is 0.493 e. The van der Waals surface area contributed by atoms with Crippen molar-refractivity contribution in [1.29, 1.82) is 0 Å². The molecule has 0 aromatic heterocycles. The maximum absolute atomic E-state index is 13.2. The lowest BCUT2D eigenvalue weighted by atomic mass is 9.90. The van der Waals surface area contributed by atoms with Crippen LogP contribution in [0.15, 0.2) is 42.5 Å². The lowest BCUT2D eigenvalue weighted by molar-refractivity contribution is 0.313. The summed E-state index contributed by atoms with van der Waals surface area (Å²) in [5, 5.41) is 0. The highest BCUT2D eigenvalue weighted by Crippen LogP contribution is 2.35. The monoisotopic (exact) mass is 275 g/mol. The van der Waals surface area contributed by atoms with Crippen LogP contribution in [0.5, 0.6) is 5.75 Å². The van der Waals surface area contributed by atoms with Gasteiger partial charge in [-0.3, -0.25) is 0 Å². The predicted octanol–water partition coefficient (Wildman–Crippen LogP) is 3.01. The van der Waals surface area contributed by atoms with E-state index in [1.165, 1.54) is 6.07 Å². The molecular formula is C16H15F2NO. The summed E-state index contributed by atoms with van der Waals surface area (Å²) in [5.41, 5.74) is 8.00. The fraction of sp³-hybridized carbons (Fsp3) is 0.250. The lowest BCUT2D eigenvalue weighted by Gasteiger charge is -2.18. The number of benzene rings is 2. The molecule has 0 radical (unpaired) electrons. The quantitative estimate of drug-likeness (QED) is 0.934. The summed E-state index contributed by atoms with van der Waals surface area (Å²) in [4.78, 5) is 0. The maximum atomic E-state index is 13.2. The number of rotatable bonds is 3. The van der Waals surface area contributed by atoms with Crippen molar-refractivity contribution in [3.8, 4) is 5.75 Å². The first kappa shape index (κ1) is 13.1. The van der Waals surface area contributed by atoms with Crippen molar-refractivity contribution in [3.05, 3.63) is 65.2 Å². The van der Waals surface area contributed by atoms with E-state index in [1.54, 1.807) is 6.07 Å². The van der Waals surface area contributed by atoms with E-state index in [9.17, 15) is 8.78 Å². The topological polar surface area (TPSA) is 35.2 Å². The van der Waals surface area contributed by atoms with Crippen molar-refractivity contribution in [2.24, 2.45) is 5.73 Å². The molecule has 0 bridgehead atoms. The van der Waals surface area contributed by atoms with Gasteiger partial charge in [-0.05, 0) is 30.2 Å². The third-order valence-corrected chi connectivity index (χ3v) is 3.71. The van der Waals surface area contributed by atoms with Crippen LogP contribution in [0.3, 0.4) is 0 Å². The number of ether oxygens (including phenoxy) is 1. The SMILES string of the molecule is NC(Cc1ccc(F)c(F)c1)C1COc2ccccc21. The Morgan fingerprint density at radius 2 is 1.95 bits per heavy atom. The van der Waals surface area contributed by atoms with Gasteiger partial charge in [-0.25, -0.2) is 8.78 Å². The second-order valence-electron chi connectivity index (χ2n) is 5.07. The number of hydrogen-bond donors (Lipinski definition) is 1. The van der Waals surface area contributed by atoms with Gasteiger partial charge in [-0.2, -0.15) is 0 Å². The van der Waals surface area contributed by atoms with Crippen LogP contribution in [0.2, 0.25) is 0 Å². The molecule has 2 aromatic rings. The van der Waals surface area contributed by atoms with Crippen LogP contribution in [0.25, 0.3) is 0 Å². The molecular weight excluding hydrogens is 260 g/mol. The third-order valence-electron chi connectivity index (χ3n) is 3.71. The van der Waals surface area contributed by atoms with Crippen molar-refractivity contribution >= 4 is 0 Å². The first-order chi connectivity index (χ1) is 9.65. The highest BCUT2D eigenvalue weighted by Gasteiger charge is 2.29. The van der Waals surface area contributed by atoms with Crippen molar-refractivity contribution in [1.82, 2.24) is 0 Å². The highest BCUT2D eigenvalue weighted by molar-refractivity contribution is 5.40. The minimum absolute atomic E-state index is 0.0827. The van der Waals surface area contributed by atoms with Gasteiger partial charge in [0, 0.05) is 17.5 Å². The summed E-state index contributed by atoms with van der Waals surface area (Å²) in [5.74, 6) is -0.729. The van der Waals surface area contributed by atoms with Crippen molar-refractivity contribution in [2.45, 2.75) is 18.4 Å². The smallest absolute Gasteiger partial charge is 0.159 e. The Balaban J connectivity index is 1.77. The van der Waals surface area contributed by atoms with Gasteiger partial charge in [-0.1, -0.05) is 24.3 Å². The zero-order valence-corrected chi connectivity index (χ0v) is 10.9. The van der Waals surface area contributed by atoms with E-state index < -0.39 is 11.6 Å². The lowest BCUT2D eigenvalue weighted by Crippen LogP contribution is -2.31. The summed E-state index contributed by atoms with van der Waals surface area (Å²) in [6, 6.07) is 11.5. The summed E-state index contributed by atoms with van der Waals surface area (Å²) >= 11 is 0. The van der Waals surface area contributed by atoms with E-state index in [0.717, 1.165) is 17.4 Å². The molecule has 20 heavy (non-hydrogen) atoms. The molecule has 2 N–H and O–H groups in total. The zero-order valence-electron chi connectivity index (χ0n) is 10.9. The second-order valence-corrected chi connectivity index (χ2v) is 5.07. The van der Waals surface area contributed by atoms with E-state index in [4.69, 9.17) is 10.5 Å². The Bertz CT molecular complexity index is 630. The predicted molar refractivity (Wildman–Crippen MR) is 72.7 cm³/mol. The fourth-order valence-electron chi connectivity index (χ4n) is 2.62. The summed E-state index contributed by atoms with van der Waals surface area (Å²) in [6.45, 7) is 0.532. The second kappa shape index (κ2) is 5.21. The van der Waals surface area contributed by atoms with E-state index in [1.807, 2.05) is 24.3 Å². The molecule has 0 amide bonds. The molecule has 1 heterocycles. The van der Waals surface area contributed by atoms with Crippen LogP contribution >= 0.6 is 0 Å². The van der Waals surface area contributed by atoms with Crippen LogP contribution < -0.4 is 10.5 Å². The molecule has 0 saturated heterocycles. The van der Waals surface area contributed by atoms with E-state index in [2.05, 4.69) is 0 Å². The van der Waals surface area contributed by atoms with E-state index in [-0.39, 0.29) is 12.0 Å². The molecule has 0 aliphatic carbocycles. The van der Waals surface area contributed by atoms with Gasteiger partial charge in [0.15, 0.2) is 11.6 Å². The molecule has 3 rings (SSSR count). The summed E-state index contributed by atoms with van der Waals surface area (Å²) < 4.78 is 31.7. The first-order valence-electron chi connectivity index (χ1n) is 6.56. The van der Waals surface area contributed by atoms with Gasteiger partial charge in [0.2, 0.25) is 0 Å². The van der Waals surface area contributed by atoms with Crippen LogP contribution in [-0.2, 0) is 6.42 Å². The van der Waals surface area contributed by atoms with Gasteiger partial charge in [0.25, 0.3) is 0 Å². The van der Waals surface area contributed by atoms with Gasteiger partial charge in [0.1, 0.15) is 5.75 Å². The maximum Gasteiger partial charge on any atom is 0.159 e. The van der Waals surface area contributed by atoms with Gasteiger partial charge < -0.3 is 10.5 Å². The van der Waals surface area contributed by atoms with Crippen molar-refractivity contribution in [2.75, 3.05) is 6.61 Å². The number of nitrogens with two attached hydrogens (primary N) is 1. The van der Waals surface area contributed by atoms with Crippen LogP contribution in [0.1, 0.15) is 17.0 Å². The number of para-hydroxylation sites is 1. The molecule has 1 aliphatic heterocycles. The molecule has 2 nitrogen and oxygen atoms in total. The minimum atomic E-state index is -0.836. The molecule has 4 heteroatoms. The molecule has 0 fully saturated rings. The molecule has 2 aromatic carbocycles. The van der Waals surface area contributed by atoms with Gasteiger partial charge >= 0.3 is 0 Å². The fourth-order valence-corrected chi connectivity index (χ4v) is 2.62. The van der Waals surface area contributed by atoms with Gasteiger partial charge in [-0.15, -0.1) is 0 Å². The molecule has 0 spiro atoms. The van der Waals surface area contributed by atoms with E-state index in [0.29, 0.717) is 18.6 Å². The Morgan fingerprint density at radius 1 is 1.15 bits per heavy atom. The average molecular weight is 275 g/mol. The van der Waals surface area contributed by atoms with Crippen LogP contribution in [0.4, 0.5) is 8.78 Å². The Morgan fingerprint density at radius 3 is 2.75 bits per heavy atom. The zero-order chi connectivity index (χ0) is 14.1. The first-order valence-corrected chi connectivity index (χ1v) is 6.56. The highest BCUT2D eigenvalue weighted by atomic mass is 19.2. The van der Waals surface area contributed by atoms with E-state index >= 15 is 0 Å². The summed E-state index contributed by atoms with van der Waals surface area (Å²) in [7, 11) is 0. The molecule has 2 atom stereocenters. The van der Waals surface area contributed by atoms with Crippen molar-refractivity contribution < 1.29 is 13.5 Å².